The van der Waals surface area contributed by atoms with Crippen molar-refractivity contribution in [2.45, 2.75) is 47.0 Å². The molecular formula is C12H22O2. The lowest BCUT2D eigenvalue weighted by molar-refractivity contribution is -0.148. The SMILES string of the molecule is CC(C)[C@@H]1CC[C@H](C(=O)O)C(C)(C)C1. The van der Waals surface area contributed by atoms with Gasteiger partial charge in [-0.15, -0.1) is 0 Å². The zero-order valence-electron chi connectivity index (χ0n) is 9.71. The molecule has 0 heterocycles. The molecule has 0 aromatic rings. The number of carboxylic acids is 1. The van der Waals surface area contributed by atoms with Gasteiger partial charge in [-0.3, -0.25) is 4.79 Å². The van der Waals surface area contributed by atoms with Gasteiger partial charge in [0.05, 0.1) is 5.92 Å². The van der Waals surface area contributed by atoms with E-state index in [4.69, 9.17) is 5.11 Å². The lowest BCUT2D eigenvalue weighted by Crippen LogP contribution is -2.38. The minimum absolute atomic E-state index is 0.0288. The Kier molecular flexibility index (Phi) is 3.23. The van der Waals surface area contributed by atoms with Crippen molar-refractivity contribution in [1.82, 2.24) is 0 Å². The third-order valence-electron chi connectivity index (χ3n) is 3.80. The minimum atomic E-state index is -0.614. The molecule has 0 amide bonds. The summed E-state index contributed by atoms with van der Waals surface area (Å²) in [6, 6.07) is 0. The van der Waals surface area contributed by atoms with Gasteiger partial charge >= 0.3 is 5.97 Å². The molecular weight excluding hydrogens is 176 g/mol. The quantitative estimate of drug-likeness (QED) is 0.740. The maximum Gasteiger partial charge on any atom is 0.307 e. The molecule has 0 radical (unpaired) electrons. The first kappa shape index (κ1) is 11.5. The van der Waals surface area contributed by atoms with Gasteiger partial charge in [-0.2, -0.15) is 0 Å². The van der Waals surface area contributed by atoms with E-state index in [1.807, 2.05) is 0 Å². The van der Waals surface area contributed by atoms with Gasteiger partial charge in [-0.25, -0.2) is 0 Å². The molecule has 1 rings (SSSR count). The number of carboxylic acid groups (broad SMARTS) is 1. The zero-order chi connectivity index (χ0) is 10.9. The average molecular weight is 198 g/mol. The van der Waals surface area contributed by atoms with Crippen molar-refractivity contribution in [2.75, 3.05) is 0 Å². The van der Waals surface area contributed by atoms with Crippen LogP contribution in [0.3, 0.4) is 0 Å². The van der Waals surface area contributed by atoms with E-state index < -0.39 is 5.97 Å². The molecule has 2 nitrogen and oxygen atoms in total. The molecule has 1 aliphatic rings. The van der Waals surface area contributed by atoms with Crippen LogP contribution >= 0.6 is 0 Å². The normalized spacial score (nSPS) is 31.8. The van der Waals surface area contributed by atoms with Gasteiger partial charge in [0, 0.05) is 0 Å². The van der Waals surface area contributed by atoms with Crippen LogP contribution in [-0.4, -0.2) is 11.1 Å². The van der Waals surface area contributed by atoms with E-state index in [0.717, 1.165) is 19.3 Å². The Balaban J connectivity index is 2.70. The summed E-state index contributed by atoms with van der Waals surface area (Å²) in [5.41, 5.74) is -0.0288. The fourth-order valence-electron chi connectivity index (χ4n) is 2.72. The summed E-state index contributed by atoms with van der Waals surface area (Å²) in [5, 5.41) is 9.10. The van der Waals surface area contributed by atoms with Crippen molar-refractivity contribution in [3.63, 3.8) is 0 Å². The van der Waals surface area contributed by atoms with Crippen LogP contribution in [0.15, 0.2) is 0 Å². The molecule has 0 saturated heterocycles. The molecule has 0 unspecified atom stereocenters. The summed E-state index contributed by atoms with van der Waals surface area (Å²) in [7, 11) is 0. The highest BCUT2D eigenvalue weighted by Crippen LogP contribution is 2.45. The molecule has 0 aliphatic heterocycles. The second kappa shape index (κ2) is 3.92. The lowest BCUT2D eigenvalue weighted by Gasteiger charge is -2.41. The van der Waals surface area contributed by atoms with Crippen LogP contribution in [0.5, 0.6) is 0 Å². The van der Waals surface area contributed by atoms with Gasteiger partial charge in [0.25, 0.3) is 0 Å². The van der Waals surface area contributed by atoms with E-state index in [1.54, 1.807) is 0 Å². The maximum absolute atomic E-state index is 11.0. The van der Waals surface area contributed by atoms with E-state index in [-0.39, 0.29) is 11.3 Å². The fourth-order valence-corrected chi connectivity index (χ4v) is 2.72. The van der Waals surface area contributed by atoms with Crippen molar-refractivity contribution in [2.24, 2.45) is 23.2 Å². The Morgan fingerprint density at radius 3 is 2.29 bits per heavy atom. The van der Waals surface area contributed by atoms with Crippen LogP contribution in [0.2, 0.25) is 0 Å². The molecule has 0 aromatic heterocycles. The van der Waals surface area contributed by atoms with Crippen molar-refractivity contribution in [3.8, 4) is 0 Å². The first-order valence-corrected chi connectivity index (χ1v) is 5.57. The van der Waals surface area contributed by atoms with Crippen LogP contribution in [0, 0.1) is 23.2 Å². The predicted octanol–water partition coefficient (Wildman–Crippen LogP) is 3.17. The molecule has 0 spiro atoms. The Labute approximate surface area is 86.7 Å². The van der Waals surface area contributed by atoms with E-state index in [2.05, 4.69) is 27.7 Å². The van der Waals surface area contributed by atoms with Gasteiger partial charge in [0.1, 0.15) is 0 Å². The summed E-state index contributed by atoms with van der Waals surface area (Å²) in [4.78, 5) is 11.0. The van der Waals surface area contributed by atoms with Crippen molar-refractivity contribution in [3.05, 3.63) is 0 Å². The minimum Gasteiger partial charge on any atom is -0.481 e. The van der Waals surface area contributed by atoms with E-state index in [9.17, 15) is 4.79 Å². The second-order valence-electron chi connectivity index (χ2n) is 5.66. The van der Waals surface area contributed by atoms with Crippen molar-refractivity contribution >= 4 is 5.97 Å². The standard InChI is InChI=1S/C12H22O2/c1-8(2)9-5-6-10(11(13)14)12(3,4)7-9/h8-10H,5-7H2,1-4H3,(H,13,14)/t9-,10-/m1/s1. The average Bonchev–Trinajstić information content (AvgIpc) is 2.01. The molecule has 0 bridgehead atoms. The number of aliphatic carboxylic acids is 1. The summed E-state index contributed by atoms with van der Waals surface area (Å²) < 4.78 is 0. The van der Waals surface area contributed by atoms with Gasteiger partial charge < -0.3 is 5.11 Å². The molecule has 1 saturated carbocycles. The number of rotatable bonds is 2. The van der Waals surface area contributed by atoms with Crippen LogP contribution in [0.25, 0.3) is 0 Å². The van der Waals surface area contributed by atoms with E-state index in [1.165, 1.54) is 0 Å². The third kappa shape index (κ3) is 2.28. The highest BCUT2D eigenvalue weighted by atomic mass is 16.4. The number of carbonyl (C=O) groups is 1. The summed E-state index contributed by atoms with van der Waals surface area (Å²) in [5.74, 6) is 0.638. The molecule has 82 valence electrons. The monoisotopic (exact) mass is 198 g/mol. The summed E-state index contributed by atoms with van der Waals surface area (Å²) in [6.45, 7) is 8.67. The molecule has 1 aliphatic carbocycles. The lowest BCUT2D eigenvalue weighted by atomic mass is 9.63. The Hall–Kier alpha value is -0.530. The van der Waals surface area contributed by atoms with Crippen LogP contribution in [0.1, 0.15) is 47.0 Å². The van der Waals surface area contributed by atoms with Gasteiger partial charge in [-0.05, 0) is 36.5 Å². The maximum atomic E-state index is 11.0. The highest BCUT2D eigenvalue weighted by molar-refractivity contribution is 5.71. The Morgan fingerprint density at radius 2 is 1.93 bits per heavy atom. The van der Waals surface area contributed by atoms with Gasteiger partial charge in [0.15, 0.2) is 0 Å². The first-order chi connectivity index (χ1) is 6.34. The third-order valence-corrected chi connectivity index (χ3v) is 3.80. The van der Waals surface area contributed by atoms with Gasteiger partial charge in [0.2, 0.25) is 0 Å². The van der Waals surface area contributed by atoms with Crippen LogP contribution in [0.4, 0.5) is 0 Å². The fraction of sp³-hybridized carbons (Fsp3) is 0.917. The van der Waals surface area contributed by atoms with E-state index >= 15 is 0 Å². The molecule has 2 heteroatoms. The second-order valence-corrected chi connectivity index (χ2v) is 5.66. The Morgan fingerprint density at radius 1 is 1.36 bits per heavy atom. The molecule has 0 aromatic carbocycles. The smallest absolute Gasteiger partial charge is 0.307 e. The van der Waals surface area contributed by atoms with Crippen LogP contribution in [-0.2, 0) is 4.79 Å². The van der Waals surface area contributed by atoms with Gasteiger partial charge in [-0.1, -0.05) is 27.7 Å². The topological polar surface area (TPSA) is 37.3 Å². The molecule has 1 N–H and O–H groups in total. The molecule has 14 heavy (non-hydrogen) atoms. The number of hydrogen-bond acceptors (Lipinski definition) is 1. The van der Waals surface area contributed by atoms with Crippen LogP contribution < -0.4 is 0 Å². The summed E-state index contributed by atoms with van der Waals surface area (Å²) in [6.07, 6.45) is 2.99. The predicted molar refractivity (Wildman–Crippen MR) is 57.1 cm³/mol. The Bertz CT molecular complexity index is 218. The molecule has 1 fully saturated rings. The molecule has 2 atom stereocenters. The summed E-state index contributed by atoms with van der Waals surface area (Å²) >= 11 is 0. The van der Waals surface area contributed by atoms with Crippen molar-refractivity contribution < 1.29 is 9.90 Å². The zero-order valence-corrected chi connectivity index (χ0v) is 9.71. The van der Waals surface area contributed by atoms with E-state index in [0.29, 0.717) is 11.8 Å². The van der Waals surface area contributed by atoms with Crippen molar-refractivity contribution in [1.29, 1.82) is 0 Å². The highest BCUT2D eigenvalue weighted by Gasteiger charge is 2.41. The number of hydrogen-bond donors (Lipinski definition) is 1. The largest absolute Gasteiger partial charge is 0.481 e. The first-order valence-electron chi connectivity index (χ1n) is 5.57.